The molecule has 1 aromatic heterocycles. The number of anilines is 1. The minimum atomic E-state index is -0.450. The minimum absolute atomic E-state index is 0.237. The fourth-order valence-corrected chi connectivity index (χ4v) is 2.11. The van der Waals surface area contributed by atoms with Crippen LogP contribution in [-0.2, 0) is 9.53 Å². The first-order chi connectivity index (χ1) is 8.80. The van der Waals surface area contributed by atoms with Gasteiger partial charge in [0, 0.05) is 12.6 Å². The van der Waals surface area contributed by atoms with Crippen molar-refractivity contribution >= 4 is 23.5 Å². The monoisotopic (exact) mass is 283 g/mol. The van der Waals surface area contributed by atoms with Gasteiger partial charge in [0.2, 0.25) is 0 Å². The quantitative estimate of drug-likeness (QED) is 0.509. The second-order valence-electron chi connectivity index (χ2n) is 5.04. The van der Waals surface area contributed by atoms with Gasteiger partial charge in [0.25, 0.3) is 0 Å². The van der Waals surface area contributed by atoms with Gasteiger partial charge in [-0.15, -0.1) is 0 Å². The first-order valence-corrected chi connectivity index (χ1v) is 7.23. The Morgan fingerprint density at radius 3 is 2.68 bits per heavy atom. The van der Waals surface area contributed by atoms with Crippen LogP contribution in [0.5, 0.6) is 0 Å². The predicted molar refractivity (Wildman–Crippen MR) is 77.5 cm³/mol. The Morgan fingerprint density at radius 1 is 1.42 bits per heavy atom. The molecule has 5 nitrogen and oxygen atoms in total. The maximum atomic E-state index is 11.6. The molecule has 0 aliphatic carbocycles. The normalized spacial score (nSPS) is 11.2. The van der Waals surface area contributed by atoms with E-state index in [-0.39, 0.29) is 11.7 Å². The van der Waals surface area contributed by atoms with E-state index >= 15 is 0 Å². The topological polar surface area (TPSA) is 64.1 Å². The van der Waals surface area contributed by atoms with Crippen LogP contribution in [0, 0.1) is 6.92 Å². The van der Waals surface area contributed by atoms with Crippen LogP contribution < -0.4 is 5.32 Å². The smallest absolute Gasteiger partial charge is 0.316 e. The van der Waals surface area contributed by atoms with Gasteiger partial charge in [-0.2, -0.15) is 0 Å². The van der Waals surface area contributed by atoms with E-state index in [0.717, 1.165) is 17.4 Å². The molecule has 0 saturated heterocycles. The summed E-state index contributed by atoms with van der Waals surface area (Å²) < 4.78 is 5.25. The highest BCUT2D eigenvalue weighted by molar-refractivity contribution is 7.99. The maximum Gasteiger partial charge on any atom is 0.316 e. The van der Waals surface area contributed by atoms with Crippen molar-refractivity contribution in [3.8, 4) is 0 Å². The SMILES string of the molecule is CCNc1cc(SCC(=O)OC(C)(C)C)nc(C)n1. The number of nitrogens with zero attached hydrogens (tertiary/aromatic N) is 2. The van der Waals surface area contributed by atoms with Crippen molar-refractivity contribution in [2.24, 2.45) is 0 Å². The number of thioether (sulfide) groups is 1. The van der Waals surface area contributed by atoms with Gasteiger partial charge in [-0.1, -0.05) is 11.8 Å². The lowest BCUT2D eigenvalue weighted by Crippen LogP contribution is -2.24. The first-order valence-electron chi connectivity index (χ1n) is 6.24. The summed E-state index contributed by atoms with van der Waals surface area (Å²) in [6.07, 6.45) is 0. The number of aryl methyl sites for hydroxylation is 1. The number of carbonyl (C=O) groups excluding carboxylic acids is 1. The summed E-state index contributed by atoms with van der Waals surface area (Å²) in [5, 5.41) is 3.91. The zero-order valence-corrected chi connectivity index (χ0v) is 12.9. The average molecular weight is 283 g/mol. The third kappa shape index (κ3) is 6.42. The number of aromatic nitrogens is 2. The van der Waals surface area contributed by atoms with Gasteiger partial charge in [0.05, 0.1) is 5.75 Å². The molecule has 106 valence electrons. The highest BCUT2D eigenvalue weighted by atomic mass is 32.2. The van der Waals surface area contributed by atoms with E-state index in [0.29, 0.717) is 5.82 Å². The van der Waals surface area contributed by atoms with E-state index in [1.165, 1.54) is 11.8 Å². The lowest BCUT2D eigenvalue weighted by molar-refractivity contribution is -0.151. The Kier molecular flexibility index (Phi) is 5.60. The second kappa shape index (κ2) is 6.75. The molecule has 1 heterocycles. The molecule has 0 aliphatic rings. The molecule has 0 aliphatic heterocycles. The molecule has 0 aromatic carbocycles. The molecular weight excluding hydrogens is 262 g/mol. The van der Waals surface area contributed by atoms with Crippen molar-refractivity contribution < 1.29 is 9.53 Å². The highest BCUT2D eigenvalue weighted by Gasteiger charge is 2.16. The third-order valence-electron chi connectivity index (χ3n) is 1.93. The molecule has 19 heavy (non-hydrogen) atoms. The van der Waals surface area contributed by atoms with E-state index < -0.39 is 5.60 Å². The van der Waals surface area contributed by atoms with Crippen molar-refractivity contribution in [2.45, 2.75) is 45.2 Å². The summed E-state index contributed by atoms with van der Waals surface area (Å²) >= 11 is 1.36. The van der Waals surface area contributed by atoms with E-state index in [9.17, 15) is 4.79 Å². The molecule has 0 bridgehead atoms. The van der Waals surface area contributed by atoms with Crippen LogP contribution in [0.3, 0.4) is 0 Å². The molecule has 0 fully saturated rings. The van der Waals surface area contributed by atoms with Crippen LogP contribution in [0.1, 0.15) is 33.5 Å². The Labute approximate surface area is 118 Å². The molecule has 1 aromatic rings. The van der Waals surface area contributed by atoms with Crippen LogP contribution >= 0.6 is 11.8 Å². The van der Waals surface area contributed by atoms with E-state index in [1.54, 1.807) is 0 Å². The fraction of sp³-hybridized carbons (Fsp3) is 0.615. The van der Waals surface area contributed by atoms with Gasteiger partial charge in [-0.05, 0) is 34.6 Å². The summed E-state index contributed by atoms with van der Waals surface area (Å²) in [7, 11) is 0. The summed E-state index contributed by atoms with van der Waals surface area (Å²) in [6.45, 7) is 10.2. The standard InChI is InChI=1S/C13H21N3O2S/c1-6-14-10-7-11(16-9(2)15-10)19-8-12(17)18-13(3,4)5/h7H,6,8H2,1-5H3,(H,14,15,16). The lowest BCUT2D eigenvalue weighted by Gasteiger charge is -2.19. The van der Waals surface area contributed by atoms with Crippen molar-refractivity contribution in [3.05, 3.63) is 11.9 Å². The average Bonchev–Trinajstić information content (AvgIpc) is 2.24. The van der Waals surface area contributed by atoms with Crippen LogP contribution in [0.25, 0.3) is 0 Å². The van der Waals surface area contributed by atoms with Gasteiger partial charge in [0.15, 0.2) is 0 Å². The zero-order chi connectivity index (χ0) is 14.5. The largest absolute Gasteiger partial charge is 0.459 e. The molecule has 0 spiro atoms. The maximum absolute atomic E-state index is 11.6. The van der Waals surface area contributed by atoms with Gasteiger partial charge in [-0.25, -0.2) is 9.97 Å². The van der Waals surface area contributed by atoms with Crippen LogP contribution in [0.15, 0.2) is 11.1 Å². The summed E-state index contributed by atoms with van der Waals surface area (Å²) in [6, 6.07) is 1.84. The van der Waals surface area contributed by atoms with Gasteiger partial charge in [-0.3, -0.25) is 4.79 Å². The number of rotatable bonds is 5. The fourth-order valence-electron chi connectivity index (χ4n) is 1.39. The Bertz CT molecular complexity index is 444. The van der Waals surface area contributed by atoms with Gasteiger partial charge < -0.3 is 10.1 Å². The van der Waals surface area contributed by atoms with Crippen molar-refractivity contribution in [3.63, 3.8) is 0 Å². The van der Waals surface area contributed by atoms with Crippen molar-refractivity contribution in [1.29, 1.82) is 0 Å². The first kappa shape index (κ1) is 15.8. The molecule has 0 atom stereocenters. The molecular formula is C13H21N3O2S. The van der Waals surface area contributed by atoms with Crippen LogP contribution in [-0.4, -0.2) is 33.8 Å². The Hall–Kier alpha value is -1.30. The number of esters is 1. The molecule has 1 N–H and O–H groups in total. The molecule has 0 amide bonds. The van der Waals surface area contributed by atoms with Crippen LogP contribution in [0.4, 0.5) is 5.82 Å². The lowest BCUT2D eigenvalue weighted by atomic mass is 10.2. The second-order valence-corrected chi connectivity index (χ2v) is 6.04. The van der Waals surface area contributed by atoms with Crippen molar-refractivity contribution in [2.75, 3.05) is 17.6 Å². The minimum Gasteiger partial charge on any atom is -0.459 e. The highest BCUT2D eigenvalue weighted by Crippen LogP contribution is 2.19. The van der Waals surface area contributed by atoms with Crippen molar-refractivity contribution in [1.82, 2.24) is 9.97 Å². The van der Waals surface area contributed by atoms with Gasteiger partial charge >= 0.3 is 5.97 Å². The van der Waals surface area contributed by atoms with Crippen LogP contribution in [0.2, 0.25) is 0 Å². The molecule has 6 heteroatoms. The zero-order valence-electron chi connectivity index (χ0n) is 12.1. The summed E-state index contributed by atoms with van der Waals surface area (Å²) in [5.74, 6) is 1.48. The number of nitrogens with one attached hydrogen (secondary N) is 1. The summed E-state index contributed by atoms with van der Waals surface area (Å²) in [4.78, 5) is 20.2. The Balaban J connectivity index is 2.60. The Morgan fingerprint density at radius 2 is 2.11 bits per heavy atom. The molecule has 1 rings (SSSR count). The number of hydrogen-bond acceptors (Lipinski definition) is 6. The van der Waals surface area contributed by atoms with E-state index in [4.69, 9.17) is 4.74 Å². The third-order valence-corrected chi connectivity index (χ3v) is 2.82. The molecule has 0 saturated carbocycles. The summed E-state index contributed by atoms with van der Waals surface area (Å²) in [5.41, 5.74) is -0.450. The number of hydrogen-bond donors (Lipinski definition) is 1. The molecule has 0 radical (unpaired) electrons. The van der Waals surface area contributed by atoms with E-state index in [2.05, 4.69) is 15.3 Å². The number of ether oxygens (including phenoxy) is 1. The van der Waals surface area contributed by atoms with E-state index in [1.807, 2.05) is 40.7 Å². The predicted octanol–water partition coefficient (Wildman–Crippen LogP) is 2.65. The number of carbonyl (C=O) groups is 1. The molecule has 0 unspecified atom stereocenters. The van der Waals surface area contributed by atoms with Gasteiger partial charge in [0.1, 0.15) is 22.3 Å².